The highest BCUT2D eigenvalue weighted by molar-refractivity contribution is 4.83. The van der Waals surface area contributed by atoms with Crippen LogP contribution in [0.25, 0.3) is 0 Å². The lowest BCUT2D eigenvalue weighted by Gasteiger charge is -2.28. The molecule has 0 bridgehead atoms. The first-order valence-electron chi connectivity index (χ1n) is 4.16. The highest BCUT2D eigenvalue weighted by atomic mass is 16.7. The smallest absolute Gasteiger partial charge is 0.147 e. The van der Waals surface area contributed by atoms with E-state index >= 15 is 0 Å². The fourth-order valence-corrected chi connectivity index (χ4v) is 1.86. The summed E-state index contributed by atoms with van der Waals surface area (Å²) in [6.45, 7) is 0.478. The van der Waals surface area contributed by atoms with E-state index in [0.717, 1.165) is 19.3 Å². The molecule has 1 saturated carbocycles. The van der Waals surface area contributed by atoms with Gasteiger partial charge in [-0.05, 0) is 12.8 Å². The number of fused-ring (bicyclic) bond motifs is 1. The van der Waals surface area contributed by atoms with Crippen LogP contribution in [0, 0.1) is 0 Å². The quantitative estimate of drug-likeness (QED) is 0.568. The van der Waals surface area contributed by atoms with E-state index in [1.54, 1.807) is 7.11 Å². The Kier molecular flexibility index (Phi) is 2.11. The summed E-state index contributed by atoms with van der Waals surface area (Å²) in [6.07, 6.45) is 4.23. The lowest BCUT2D eigenvalue weighted by atomic mass is 9.92. The van der Waals surface area contributed by atoms with E-state index in [0.29, 0.717) is 25.1 Å². The Bertz CT molecular complexity index is 137. The Morgan fingerprint density at radius 2 is 2.00 bits per heavy atom. The second-order valence-electron chi connectivity index (χ2n) is 3.20. The van der Waals surface area contributed by atoms with Gasteiger partial charge in [-0.3, -0.25) is 0 Å². The van der Waals surface area contributed by atoms with Crippen LogP contribution in [0.15, 0.2) is 0 Å². The predicted octanol–water partition coefficient (Wildman–Crippen LogP) is 0.927. The third-order valence-electron chi connectivity index (χ3n) is 2.58. The largest absolute Gasteiger partial charge is 0.381 e. The SMILES string of the molecule is COC1CCC2OCOC2C1. The first kappa shape index (κ1) is 7.53. The Balaban J connectivity index is 1.91. The molecule has 0 radical (unpaired) electrons. The van der Waals surface area contributed by atoms with Crippen LogP contribution in [-0.4, -0.2) is 32.2 Å². The summed E-state index contributed by atoms with van der Waals surface area (Å²) in [4.78, 5) is 0. The number of hydrogen-bond acceptors (Lipinski definition) is 3. The van der Waals surface area contributed by atoms with Gasteiger partial charge in [0.05, 0.1) is 18.3 Å². The van der Waals surface area contributed by atoms with Crippen molar-refractivity contribution in [2.24, 2.45) is 0 Å². The fourth-order valence-electron chi connectivity index (χ4n) is 1.86. The van der Waals surface area contributed by atoms with Crippen LogP contribution >= 0.6 is 0 Å². The Hall–Kier alpha value is -0.120. The van der Waals surface area contributed by atoms with E-state index in [1.807, 2.05) is 0 Å². The summed E-state index contributed by atoms with van der Waals surface area (Å²) < 4.78 is 16.0. The molecule has 3 heteroatoms. The molecule has 2 aliphatic rings. The monoisotopic (exact) mass is 158 g/mol. The van der Waals surface area contributed by atoms with Crippen molar-refractivity contribution in [1.82, 2.24) is 0 Å². The topological polar surface area (TPSA) is 27.7 Å². The van der Waals surface area contributed by atoms with Gasteiger partial charge in [0, 0.05) is 13.5 Å². The second kappa shape index (κ2) is 3.09. The van der Waals surface area contributed by atoms with Gasteiger partial charge in [-0.25, -0.2) is 0 Å². The maximum atomic E-state index is 5.39. The molecule has 3 atom stereocenters. The van der Waals surface area contributed by atoms with E-state index < -0.39 is 0 Å². The molecule has 0 aromatic heterocycles. The second-order valence-corrected chi connectivity index (χ2v) is 3.20. The van der Waals surface area contributed by atoms with Gasteiger partial charge in [-0.1, -0.05) is 0 Å². The van der Waals surface area contributed by atoms with Gasteiger partial charge < -0.3 is 14.2 Å². The van der Waals surface area contributed by atoms with Gasteiger partial charge in [0.15, 0.2) is 0 Å². The van der Waals surface area contributed by atoms with Crippen LogP contribution in [0.5, 0.6) is 0 Å². The van der Waals surface area contributed by atoms with Crippen molar-refractivity contribution >= 4 is 0 Å². The summed E-state index contributed by atoms with van der Waals surface area (Å²) in [5.74, 6) is 0. The molecule has 1 saturated heterocycles. The summed E-state index contributed by atoms with van der Waals surface area (Å²) >= 11 is 0. The minimum atomic E-state index is 0.300. The Morgan fingerprint density at radius 1 is 1.18 bits per heavy atom. The number of rotatable bonds is 1. The van der Waals surface area contributed by atoms with E-state index in [2.05, 4.69) is 0 Å². The van der Waals surface area contributed by atoms with E-state index in [-0.39, 0.29) is 0 Å². The average Bonchev–Trinajstić information content (AvgIpc) is 2.50. The highest BCUT2D eigenvalue weighted by Crippen LogP contribution is 2.29. The molecule has 64 valence electrons. The molecule has 0 spiro atoms. The maximum absolute atomic E-state index is 5.39. The molecule has 11 heavy (non-hydrogen) atoms. The molecule has 2 fully saturated rings. The maximum Gasteiger partial charge on any atom is 0.147 e. The first-order chi connectivity index (χ1) is 5.40. The molecule has 1 aliphatic carbocycles. The molecule has 0 aromatic rings. The zero-order valence-corrected chi connectivity index (χ0v) is 6.79. The molecule has 3 unspecified atom stereocenters. The first-order valence-corrected chi connectivity index (χ1v) is 4.16. The highest BCUT2D eigenvalue weighted by Gasteiger charge is 2.35. The van der Waals surface area contributed by atoms with Crippen molar-refractivity contribution in [2.45, 2.75) is 37.6 Å². The van der Waals surface area contributed by atoms with E-state index in [9.17, 15) is 0 Å². The van der Waals surface area contributed by atoms with Crippen molar-refractivity contribution in [3.8, 4) is 0 Å². The minimum absolute atomic E-state index is 0.300. The molecule has 3 nitrogen and oxygen atoms in total. The molecule has 0 amide bonds. The summed E-state index contributed by atoms with van der Waals surface area (Å²) in [5, 5.41) is 0. The average molecular weight is 158 g/mol. The van der Waals surface area contributed by atoms with Crippen LogP contribution in [-0.2, 0) is 14.2 Å². The van der Waals surface area contributed by atoms with Crippen molar-refractivity contribution in [3.05, 3.63) is 0 Å². The minimum Gasteiger partial charge on any atom is -0.381 e. The Morgan fingerprint density at radius 3 is 2.82 bits per heavy atom. The van der Waals surface area contributed by atoms with Crippen LogP contribution in [0.2, 0.25) is 0 Å². The molecule has 1 heterocycles. The zero-order chi connectivity index (χ0) is 7.68. The summed E-state index contributed by atoms with van der Waals surface area (Å²) in [7, 11) is 1.76. The lowest BCUT2D eigenvalue weighted by Crippen LogP contribution is -2.34. The van der Waals surface area contributed by atoms with Crippen molar-refractivity contribution in [3.63, 3.8) is 0 Å². The van der Waals surface area contributed by atoms with E-state index in [4.69, 9.17) is 14.2 Å². The third kappa shape index (κ3) is 1.41. The number of hydrogen-bond donors (Lipinski definition) is 0. The summed E-state index contributed by atoms with van der Waals surface area (Å²) in [6, 6.07) is 0. The predicted molar refractivity (Wildman–Crippen MR) is 39.3 cm³/mol. The van der Waals surface area contributed by atoms with Crippen molar-refractivity contribution in [2.75, 3.05) is 13.9 Å². The number of methoxy groups -OCH3 is 1. The van der Waals surface area contributed by atoms with Crippen molar-refractivity contribution in [1.29, 1.82) is 0 Å². The van der Waals surface area contributed by atoms with Gasteiger partial charge in [0.1, 0.15) is 6.79 Å². The molecule has 1 aliphatic heterocycles. The standard InChI is InChI=1S/C8H14O3/c1-9-6-2-3-7-8(4-6)11-5-10-7/h6-8H,2-5H2,1H3. The molecule has 0 N–H and O–H groups in total. The van der Waals surface area contributed by atoms with Crippen molar-refractivity contribution < 1.29 is 14.2 Å². The Labute approximate surface area is 66.6 Å². The van der Waals surface area contributed by atoms with Crippen LogP contribution in [0.1, 0.15) is 19.3 Å². The van der Waals surface area contributed by atoms with Gasteiger partial charge in [-0.2, -0.15) is 0 Å². The van der Waals surface area contributed by atoms with Gasteiger partial charge in [0.25, 0.3) is 0 Å². The summed E-state index contributed by atoms with van der Waals surface area (Å²) in [5.41, 5.74) is 0. The van der Waals surface area contributed by atoms with Gasteiger partial charge in [-0.15, -0.1) is 0 Å². The molecule has 2 rings (SSSR count). The number of ether oxygens (including phenoxy) is 3. The lowest BCUT2D eigenvalue weighted by molar-refractivity contribution is -0.00164. The van der Waals surface area contributed by atoms with Crippen LogP contribution < -0.4 is 0 Å². The fraction of sp³-hybridized carbons (Fsp3) is 1.00. The van der Waals surface area contributed by atoms with Crippen LogP contribution in [0.4, 0.5) is 0 Å². The molecular formula is C8H14O3. The molecular weight excluding hydrogens is 144 g/mol. The molecule has 0 aromatic carbocycles. The van der Waals surface area contributed by atoms with Gasteiger partial charge in [0.2, 0.25) is 0 Å². The van der Waals surface area contributed by atoms with Gasteiger partial charge >= 0.3 is 0 Å². The normalized spacial score (nSPS) is 43.9. The third-order valence-corrected chi connectivity index (χ3v) is 2.58. The van der Waals surface area contributed by atoms with Crippen LogP contribution in [0.3, 0.4) is 0 Å². The van der Waals surface area contributed by atoms with E-state index in [1.165, 1.54) is 0 Å². The zero-order valence-electron chi connectivity index (χ0n) is 6.79.